The third-order valence-electron chi connectivity index (χ3n) is 3.98. The predicted molar refractivity (Wildman–Crippen MR) is 109 cm³/mol. The zero-order chi connectivity index (χ0) is 21.2. The van der Waals surface area contributed by atoms with Crippen molar-refractivity contribution in [1.29, 1.82) is 0 Å². The molecule has 3 rings (SSSR count). The summed E-state index contributed by atoms with van der Waals surface area (Å²) in [5.74, 6) is -0.445. The first-order valence-electron chi connectivity index (χ1n) is 9.13. The minimum absolute atomic E-state index is 0.337. The Hall–Kier alpha value is -4.13. The Labute approximate surface area is 173 Å². The molecule has 1 N–H and O–H groups in total. The van der Waals surface area contributed by atoms with Gasteiger partial charge in [0, 0.05) is 5.56 Å². The minimum atomic E-state index is -1.29. The van der Waals surface area contributed by atoms with Gasteiger partial charge in [-0.1, -0.05) is 30.3 Å². The normalized spacial score (nSPS) is 10.5. The molecule has 0 aliphatic carbocycles. The van der Waals surface area contributed by atoms with Crippen molar-refractivity contribution in [3.63, 3.8) is 0 Å². The van der Waals surface area contributed by atoms with Crippen LogP contribution in [0, 0.1) is 0 Å². The van der Waals surface area contributed by atoms with Crippen LogP contribution in [-0.4, -0.2) is 24.7 Å². The third-order valence-corrected chi connectivity index (χ3v) is 3.98. The van der Waals surface area contributed by atoms with Crippen LogP contribution in [0.25, 0.3) is 0 Å². The Bertz CT molecular complexity index is 1000. The van der Waals surface area contributed by atoms with Crippen molar-refractivity contribution in [2.45, 2.75) is 6.61 Å². The van der Waals surface area contributed by atoms with Crippen molar-refractivity contribution < 1.29 is 24.2 Å². The van der Waals surface area contributed by atoms with Gasteiger partial charge in [-0.05, 0) is 59.7 Å². The van der Waals surface area contributed by atoms with E-state index in [0.29, 0.717) is 23.5 Å². The van der Waals surface area contributed by atoms with Crippen LogP contribution in [0.4, 0.5) is 0 Å². The maximum atomic E-state index is 12.2. The fourth-order valence-corrected chi connectivity index (χ4v) is 2.46. The Morgan fingerprint density at radius 2 is 1.53 bits per heavy atom. The number of carboxylic acid groups (broad SMARTS) is 1. The number of rotatable bonds is 9. The van der Waals surface area contributed by atoms with Gasteiger partial charge in [0.1, 0.15) is 24.7 Å². The van der Waals surface area contributed by atoms with Crippen molar-refractivity contribution >= 4 is 18.1 Å². The van der Waals surface area contributed by atoms with E-state index in [0.717, 1.165) is 11.3 Å². The van der Waals surface area contributed by atoms with Crippen molar-refractivity contribution in [3.05, 3.63) is 95.6 Å². The third kappa shape index (κ3) is 6.49. The van der Waals surface area contributed by atoms with E-state index >= 15 is 0 Å². The fourth-order valence-electron chi connectivity index (χ4n) is 2.46. The second-order valence-electron chi connectivity index (χ2n) is 6.23. The van der Waals surface area contributed by atoms with Crippen molar-refractivity contribution in [1.82, 2.24) is 5.43 Å². The zero-order valence-corrected chi connectivity index (χ0v) is 16.0. The number of carbonyl (C=O) groups is 2. The van der Waals surface area contributed by atoms with E-state index in [9.17, 15) is 14.7 Å². The molecule has 0 saturated heterocycles. The molecule has 0 unspecified atom stereocenters. The standard InChI is InChI=1S/C23H20N2O5/c26-22(27)16-30-21-12-8-17(9-13-21)14-24-25-23(28)19-10-6-18(7-11-19)15-29-20-4-2-1-3-5-20/h1-14H,15-16H2,(H,25,28)(H,26,27)/p-1/b24-14-. The van der Waals surface area contributed by atoms with Crippen LogP contribution >= 0.6 is 0 Å². The SMILES string of the molecule is O=C([O-])COc1ccc(/C=N\NC(=O)c2ccc(COc3ccccc3)cc2)cc1. The van der Waals surface area contributed by atoms with E-state index in [1.165, 1.54) is 6.21 Å². The van der Waals surface area contributed by atoms with Crippen LogP contribution in [0.5, 0.6) is 11.5 Å². The first kappa shape index (κ1) is 20.6. The van der Waals surface area contributed by atoms with Crippen LogP contribution in [0.2, 0.25) is 0 Å². The van der Waals surface area contributed by atoms with E-state index in [-0.39, 0.29) is 5.91 Å². The molecule has 0 bridgehead atoms. The van der Waals surface area contributed by atoms with Gasteiger partial charge in [-0.3, -0.25) is 4.79 Å². The van der Waals surface area contributed by atoms with E-state index in [1.54, 1.807) is 36.4 Å². The average molecular weight is 403 g/mol. The lowest BCUT2D eigenvalue weighted by atomic mass is 10.1. The molecule has 3 aromatic carbocycles. The first-order chi connectivity index (χ1) is 14.6. The molecule has 30 heavy (non-hydrogen) atoms. The van der Waals surface area contributed by atoms with Crippen molar-refractivity contribution in [2.75, 3.05) is 6.61 Å². The number of aliphatic carboxylic acids is 1. The molecule has 0 spiro atoms. The number of hydrazone groups is 1. The Kier molecular flexibility index (Phi) is 7.16. The quantitative estimate of drug-likeness (QED) is 0.436. The van der Waals surface area contributed by atoms with Crippen LogP contribution < -0.4 is 20.0 Å². The highest BCUT2D eigenvalue weighted by atomic mass is 16.5. The summed E-state index contributed by atoms with van der Waals surface area (Å²) in [6.07, 6.45) is 1.47. The van der Waals surface area contributed by atoms with Gasteiger partial charge in [-0.2, -0.15) is 5.10 Å². The lowest BCUT2D eigenvalue weighted by Crippen LogP contribution is -2.28. The molecule has 0 radical (unpaired) electrons. The second kappa shape index (κ2) is 10.4. The van der Waals surface area contributed by atoms with Gasteiger partial charge >= 0.3 is 0 Å². The zero-order valence-electron chi connectivity index (χ0n) is 16.0. The summed E-state index contributed by atoms with van der Waals surface area (Å²) in [7, 11) is 0. The largest absolute Gasteiger partial charge is 0.546 e. The van der Waals surface area contributed by atoms with Gasteiger partial charge in [0.2, 0.25) is 0 Å². The van der Waals surface area contributed by atoms with Gasteiger partial charge < -0.3 is 19.4 Å². The molecular weight excluding hydrogens is 384 g/mol. The Morgan fingerprint density at radius 3 is 2.20 bits per heavy atom. The molecule has 0 aliphatic rings. The van der Waals surface area contributed by atoms with Gasteiger partial charge in [0.15, 0.2) is 0 Å². The average Bonchev–Trinajstić information content (AvgIpc) is 2.78. The fraction of sp³-hybridized carbons (Fsp3) is 0.0870. The number of ether oxygens (including phenoxy) is 2. The lowest BCUT2D eigenvalue weighted by molar-refractivity contribution is -0.307. The molecule has 7 heteroatoms. The highest BCUT2D eigenvalue weighted by Crippen LogP contribution is 2.13. The van der Waals surface area contributed by atoms with Crippen LogP contribution in [0.3, 0.4) is 0 Å². The van der Waals surface area contributed by atoms with Crippen LogP contribution in [-0.2, 0) is 11.4 Å². The summed E-state index contributed by atoms with van der Waals surface area (Å²) >= 11 is 0. The molecule has 0 heterocycles. The number of carbonyl (C=O) groups excluding carboxylic acids is 2. The molecule has 0 fully saturated rings. The molecule has 1 amide bonds. The number of hydrogen-bond acceptors (Lipinski definition) is 6. The lowest BCUT2D eigenvalue weighted by Gasteiger charge is -2.07. The Balaban J connectivity index is 1.47. The van der Waals surface area contributed by atoms with E-state index in [2.05, 4.69) is 10.5 Å². The smallest absolute Gasteiger partial charge is 0.271 e. The number of para-hydroxylation sites is 1. The topological polar surface area (TPSA) is 100 Å². The minimum Gasteiger partial charge on any atom is -0.546 e. The number of hydrogen-bond donors (Lipinski definition) is 1. The van der Waals surface area contributed by atoms with Crippen molar-refractivity contribution in [3.8, 4) is 11.5 Å². The van der Waals surface area contributed by atoms with Gasteiger partial charge in [0.05, 0.1) is 12.2 Å². The molecule has 0 aromatic heterocycles. The number of nitrogens with zero attached hydrogens (tertiary/aromatic N) is 1. The predicted octanol–water partition coefficient (Wildman–Crippen LogP) is 2.16. The molecule has 0 saturated carbocycles. The molecule has 7 nitrogen and oxygen atoms in total. The van der Waals surface area contributed by atoms with Gasteiger partial charge in [-0.25, -0.2) is 5.43 Å². The molecule has 3 aromatic rings. The highest BCUT2D eigenvalue weighted by molar-refractivity contribution is 5.94. The summed E-state index contributed by atoms with van der Waals surface area (Å²) < 4.78 is 10.7. The molecule has 0 atom stereocenters. The maximum Gasteiger partial charge on any atom is 0.271 e. The van der Waals surface area contributed by atoms with E-state index in [1.807, 2.05) is 42.5 Å². The first-order valence-corrected chi connectivity index (χ1v) is 9.13. The summed E-state index contributed by atoms with van der Waals surface area (Å²) in [6.45, 7) is -0.104. The van der Waals surface area contributed by atoms with Crippen LogP contribution in [0.15, 0.2) is 84.0 Å². The van der Waals surface area contributed by atoms with E-state index in [4.69, 9.17) is 9.47 Å². The summed E-state index contributed by atoms with van der Waals surface area (Å²) in [5.41, 5.74) is 4.59. The summed E-state index contributed by atoms with van der Waals surface area (Å²) in [4.78, 5) is 22.6. The van der Waals surface area contributed by atoms with E-state index < -0.39 is 12.6 Å². The van der Waals surface area contributed by atoms with Gasteiger partial charge in [-0.15, -0.1) is 0 Å². The summed E-state index contributed by atoms with van der Waals surface area (Å²) in [5, 5.41) is 14.3. The summed E-state index contributed by atoms with van der Waals surface area (Å²) in [6, 6.07) is 23.1. The maximum absolute atomic E-state index is 12.2. The number of carboxylic acids is 1. The monoisotopic (exact) mass is 403 g/mol. The molecule has 0 aliphatic heterocycles. The second-order valence-corrected chi connectivity index (χ2v) is 6.23. The number of nitrogens with one attached hydrogen (secondary N) is 1. The van der Waals surface area contributed by atoms with Crippen LogP contribution in [0.1, 0.15) is 21.5 Å². The number of benzene rings is 3. The Morgan fingerprint density at radius 1 is 0.867 bits per heavy atom. The molecular formula is C23H19N2O5-. The molecule has 152 valence electrons. The van der Waals surface area contributed by atoms with Gasteiger partial charge in [0.25, 0.3) is 5.91 Å². The highest BCUT2D eigenvalue weighted by Gasteiger charge is 2.04. The number of amides is 1. The van der Waals surface area contributed by atoms with Crippen molar-refractivity contribution in [2.24, 2.45) is 5.10 Å².